The molecule has 1 aromatic heterocycles. The fourth-order valence-electron chi connectivity index (χ4n) is 1.39. The molecule has 1 heterocycles. The predicted molar refractivity (Wildman–Crippen MR) is 68.8 cm³/mol. The number of carbonyl (C=O) groups excluding carboxylic acids is 1. The number of benzene rings is 1. The Morgan fingerprint density at radius 2 is 1.89 bits per heavy atom. The van der Waals surface area contributed by atoms with E-state index in [0.717, 1.165) is 5.69 Å². The third kappa shape index (κ3) is 2.73. The number of aromatic amines is 1. The zero-order valence-corrected chi connectivity index (χ0v) is 9.73. The van der Waals surface area contributed by atoms with Gasteiger partial charge in [-0.1, -0.05) is 0 Å². The van der Waals surface area contributed by atoms with Gasteiger partial charge in [0.05, 0.1) is 0 Å². The molecule has 1 aromatic carbocycles. The minimum absolute atomic E-state index is 0.280. The Labute approximate surface area is 103 Å². The highest BCUT2D eigenvalue weighted by Gasteiger charge is 2.06. The molecule has 0 atom stereocenters. The van der Waals surface area contributed by atoms with Gasteiger partial charge < -0.3 is 10.6 Å². The molecule has 0 aliphatic carbocycles. The first kappa shape index (κ1) is 11.8. The second-order valence-corrected chi connectivity index (χ2v) is 3.59. The first-order chi connectivity index (χ1) is 8.69. The van der Waals surface area contributed by atoms with Gasteiger partial charge in [0.15, 0.2) is 5.82 Å². The van der Waals surface area contributed by atoms with Crippen molar-refractivity contribution in [2.45, 2.75) is 0 Å². The van der Waals surface area contributed by atoms with Gasteiger partial charge in [0.1, 0.15) is 0 Å². The van der Waals surface area contributed by atoms with Crippen molar-refractivity contribution in [2.75, 3.05) is 17.7 Å². The SMILES string of the molecule is CNc1ccc(C(=O)Nc2ccc(=O)[nH]n2)cc1. The van der Waals surface area contributed by atoms with Crippen LogP contribution in [0.25, 0.3) is 0 Å². The second-order valence-electron chi connectivity index (χ2n) is 3.59. The van der Waals surface area contributed by atoms with E-state index in [4.69, 9.17) is 0 Å². The average Bonchev–Trinajstić information content (AvgIpc) is 2.41. The maximum atomic E-state index is 11.8. The highest BCUT2D eigenvalue weighted by Crippen LogP contribution is 2.10. The Hall–Kier alpha value is -2.63. The molecular formula is C12H12N4O2. The van der Waals surface area contributed by atoms with Crippen LogP contribution in [-0.2, 0) is 0 Å². The van der Waals surface area contributed by atoms with E-state index < -0.39 is 0 Å². The van der Waals surface area contributed by atoms with Crippen LogP contribution in [0.4, 0.5) is 11.5 Å². The van der Waals surface area contributed by atoms with E-state index in [1.54, 1.807) is 31.3 Å². The third-order valence-corrected chi connectivity index (χ3v) is 2.36. The monoisotopic (exact) mass is 244 g/mol. The molecule has 0 bridgehead atoms. The molecule has 2 rings (SSSR count). The van der Waals surface area contributed by atoms with Crippen molar-refractivity contribution in [3.8, 4) is 0 Å². The molecule has 3 N–H and O–H groups in total. The standard InChI is InChI=1S/C12H12N4O2/c1-13-9-4-2-8(3-5-9)12(18)14-10-6-7-11(17)16-15-10/h2-7,13H,1H3,(H,16,17)(H,14,15,18). The lowest BCUT2D eigenvalue weighted by Gasteiger charge is -2.04. The third-order valence-electron chi connectivity index (χ3n) is 2.36. The number of hydrogen-bond acceptors (Lipinski definition) is 4. The number of carbonyl (C=O) groups is 1. The van der Waals surface area contributed by atoms with Gasteiger partial charge in [0, 0.05) is 24.4 Å². The van der Waals surface area contributed by atoms with Crippen molar-refractivity contribution in [3.63, 3.8) is 0 Å². The highest BCUT2D eigenvalue weighted by atomic mass is 16.2. The van der Waals surface area contributed by atoms with Crippen molar-refractivity contribution >= 4 is 17.4 Å². The van der Waals surface area contributed by atoms with Crippen LogP contribution in [0.3, 0.4) is 0 Å². The summed E-state index contributed by atoms with van der Waals surface area (Å²) >= 11 is 0. The quantitative estimate of drug-likeness (QED) is 0.753. The lowest BCUT2D eigenvalue weighted by Crippen LogP contribution is -2.15. The molecule has 0 fully saturated rings. The van der Waals surface area contributed by atoms with E-state index in [1.807, 2.05) is 0 Å². The van der Waals surface area contributed by atoms with E-state index in [0.29, 0.717) is 11.4 Å². The Bertz CT molecular complexity index is 584. The summed E-state index contributed by atoms with van der Waals surface area (Å²) in [7, 11) is 1.80. The topological polar surface area (TPSA) is 86.9 Å². The average molecular weight is 244 g/mol. The fourth-order valence-corrected chi connectivity index (χ4v) is 1.39. The Kier molecular flexibility index (Phi) is 3.38. The first-order valence-electron chi connectivity index (χ1n) is 5.34. The molecule has 92 valence electrons. The molecule has 2 aromatic rings. The summed E-state index contributed by atoms with van der Waals surface area (Å²) in [5.41, 5.74) is 1.13. The van der Waals surface area contributed by atoms with Crippen LogP contribution >= 0.6 is 0 Å². The van der Waals surface area contributed by atoms with Crippen LogP contribution in [0.15, 0.2) is 41.2 Å². The molecule has 1 amide bonds. The zero-order chi connectivity index (χ0) is 13.0. The van der Waals surface area contributed by atoms with E-state index in [-0.39, 0.29) is 11.5 Å². The maximum Gasteiger partial charge on any atom is 0.264 e. The van der Waals surface area contributed by atoms with Gasteiger partial charge in [-0.2, -0.15) is 5.10 Å². The number of hydrogen-bond donors (Lipinski definition) is 3. The molecule has 0 spiro atoms. The normalized spacial score (nSPS) is 9.83. The summed E-state index contributed by atoms with van der Waals surface area (Å²) in [6.07, 6.45) is 0. The van der Waals surface area contributed by atoms with Crippen LogP contribution in [0.1, 0.15) is 10.4 Å². The minimum Gasteiger partial charge on any atom is -0.388 e. The van der Waals surface area contributed by atoms with Crippen LogP contribution in [0.2, 0.25) is 0 Å². The number of nitrogens with one attached hydrogen (secondary N) is 3. The highest BCUT2D eigenvalue weighted by molar-refractivity contribution is 6.03. The van der Waals surface area contributed by atoms with Gasteiger partial charge in [0.25, 0.3) is 11.5 Å². The van der Waals surface area contributed by atoms with Crippen molar-refractivity contribution in [1.29, 1.82) is 0 Å². The number of anilines is 2. The van der Waals surface area contributed by atoms with Gasteiger partial charge in [-0.15, -0.1) is 0 Å². The lowest BCUT2D eigenvalue weighted by molar-refractivity contribution is 0.102. The van der Waals surface area contributed by atoms with Crippen LogP contribution < -0.4 is 16.2 Å². The molecule has 0 aliphatic heterocycles. The summed E-state index contributed by atoms with van der Waals surface area (Å²) in [6, 6.07) is 9.75. The summed E-state index contributed by atoms with van der Waals surface area (Å²) in [5.74, 6) is 0.0227. The number of aromatic nitrogens is 2. The van der Waals surface area contributed by atoms with Gasteiger partial charge >= 0.3 is 0 Å². The summed E-state index contributed by atoms with van der Waals surface area (Å²) < 4.78 is 0. The fraction of sp³-hybridized carbons (Fsp3) is 0.0833. The summed E-state index contributed by atoms with van der Waals surface area (Å²) in [6.45, 7) is 0. The predicted octanol–water partition coefficient (Wildman–Crippen LogP) is 1.06. The number of H-pyrrole nitrogens is 1. The van der Waals surface area contributed by atoms with Gasteiger partial charge in [0.2, 0.25) is 0 Å². The largest absolute Gasteiger partial charge is 0.388 e. The Balaban J connectivity index is 2.11. The van der Waals surface area contributed by atoms with Gasteiger partial charge in [-0.3, -0.25) is 9.59 Å². The number of rotatable bonds is 3. The molecule has 0 aliphatic rings. The van der Waals surface area contributed by atoms with E-state index >= 15 is 0 Å². The number of amides is 1. The molecular weight excluding hydrogens is 232 g/mol. The molecule has 0 unspecified atom stereocenters. The smallest absolute Gasteiger partial charge is 0.264 e. The minimum atomic E-state index is -0.314. The zero-order valence-electron chi connectivity index (χ0n) is 9.73. The molecule has 0 radical (unpaired) electrons. The van der Waals surface area contributed by atoms with E-state index in [9.17, 15) is 9.59 Å². The van der Waals surface area contributed by atoms with Crippen molar-refractivity contribution in [3.05, 3.63) is 52.3 Å². The molecule has 6 heteroatoms. The first-order valence-corrected chi connectivity index (χ1v) is 5.34. The van der Waals surface area contributed by atoms with Crippen molar-refractivity contribution in [2.24, 2.45) is 0 Å². The van der Waals surface area contributed by atoms with Crippen molar-refractivity contribution < 1.29 is 4.79 Å². The molecule has 0 saturated heterocycles. The lowest BCUT2D eigenvalue weighted by atomic mass is 10.2. The van der Waals surface area contributed by atoms with Crippen LogP contribution in [0, 0.1) is 0 Å². The van der Waals surface area contributed by atoms with Crippen LogP contribution in [0.5, 0.6) is 0 Å². The molecule has 18 heavy (non-hydrogen) atoms. The van der Waals surface area contributed by atoms with Crippen LogP contribution in [-0.4, -0.2) is 23.2 Å². The maximum absolute atomic E-state index is 11.8. The van der Waals surface area contributed by atoms with E-state index in [1.165, 1.54) is 12.1 Å². The summed E-state index contributed by atoms with van der Waals surface area (Å²) in [5, 5.41) is 11.5. The van der Waals surface area contributed by atoms with Gasteiger partial charge in [-0.05, 0) is 30.3 Å². The van der Waals surface area contributed by atoms with Gasteiger partial charge in [-0.25, -0.2) is 5.10 Å². The second kappa shape index (κ2) is 5.13. The number of nitrogens with zero attached hydrogens (tertiary/aromatic N) is 1. The Morgan fingerprint density at radius 3 is 2.44 bits per heavy atom. The van der Waals surface area contributed by atoms with E-state index in [2.05, 4.69) is 20.8 Å². The molecule has 0 saturated carbocycles. The van der Waals surface area contributed by atoms with Crippen molar-refractivity contribution in [1.82, 2.24) is 10.2 Å². The Morgan fingerprint density at radius 1 is 1.17 bits per heavy atom. The molecule has 6 nitrogen and oxygen atoms in total. The summed E-state index contributed by atoms with van der Waals surface area (Å²) in [4.78, 5) is 22.6.